The number of aliphatic carboxylic acids is 1. The molecular formula is C13H15N2O2Si. The average Bonchev–Trinajstić information content (AvgIpc) is 2.78. The summed E-state index contributed by atoms with van der Waals surface area (Å²) in [5.41, 5.74) is 3.36. The van der Waals surface area contributed by atoms with Gasteiger partial charge in [0.2, 0.25) is 0 Å². The van der Waals surface area contributed by atoms with E-state index in [1.807, 2.05) is 18.3 Å². The molecule has 0 saturated carbocycles. The molecule has 2 aromatic rings. The zero-order valence-electron chi connectivity index (χ0n) is 10.2. The lowest BCUT2D eigenvalue weighted by molar-refractivity contribution is -0.138. The highest BCUT2D eigenvalue weighted by Crippen LogP contribution is 2.23. The third-order valence-corrected chi connectivity index (χ3v) is 3.51. The first kappa shape index (κ1) is 12.9. The van der Waals surface area contributed by atoms with Crippen LogP contribution >= 0.6 is 0 Å². The zero-order valence-corrected chi connectivity index (χ0v) is 11.2. The first-order chi connectivity index (χ1) is 8.67. The highest BCUT2D eigenvalue weighted by Gasteiger charge is 2.17. The Balaban J connectivity index is 2.38. The number of para-hydroxylation sites is 1. The van der Waals surface area contributed by atoms with E-state index in [9.17, 15) is 4.79 Å². The fraction of sp³-hybridized carbons (Fsp3) is 0.308. The van der Waals surface area contributed by atoms with Crippen molar-refractivity contribution in [3.8, 4) is 0 Å². The Bertz CT molecular complexity index is 565. The van der Waals surface area contributed by atoms with Crippen LogP contribution in [0.25, 0.3) is 10.9 Å². The van der Waals surface area contributed by atoms with E-state index in [1.165, 1.54) is 5.56 Å². The number of aromatic amines is 1. The van der Waals surface area contributed by atoms with Crippen LogP contribution in [0.4, 0.5) is 0 Å². The number of carboxylic acids is 1. The molecule has 3 N–H and O–H groups in total. The van der Waals surface area contributed by atoms with Crippen LogP contribution in [0.15, 0.2) is 24.4 Å². The number of carboxylic acid groups (broad SMARTS) is 1. The summed E-state index contributed by atoms with van der Waals surface area (Å²) < 4.78 is 0. The summed E-state index contributed by atoms with van der Waals surface area (Å²) in [6, 6.07) is 5.48. The molecule has 1 aromatic carbocycles. The van der Waals surface area contributed by atoms with Gasteiger partial charge in [0.1, 0.15) is 16.4 Å². The molecule has 0 aliphatic heterocycles. The minimum absolute atomic E-state index is 0.437. The van der Waals surface area contributed by atoms with E-state index in [4.69, 9.17) is 5.11 Å². The predicted octanol–water partition coefficient (Wildman–Crippen LogP) is 1.40. The van der Waals surface area contributed by atoms with Crippen molar-refractivity contribution in [2.45, 2.75) is 25.8 Å². The van der Waals surface area contributed by atoms with Crippen LogP contribution in [0.5, 0.6) is 0 Å². The number of H-pyrrole nitrogens is 1. The fourth-order valence-corrected chi connectivity index (χ4v) is 2.38. The van der Waals surface area contributed by atoms with Crippen molar-refractivity contribution in [2.24, 2.45) is 0 Å². The predicted molar refractivity (Wildman–Crippen MR) is 71.7 cm³/mol. The fourth-order valence-electron chi connectivity index (χ4n) is 2.16. The second kappa shape index (κ2) is 5.37. The van der Waals surface area contributed by atoms with E-state index in [0.29, 0.717) is 6.42 Å². The Morgan fingerprint density at radius 1 is 1.50 bits per heavy atom. The zero-order chi connectivity index (χ0) is 13.1. The van der Waals surface area contributed by atoms with Gasteiger partial charge in [-0.3, -0.25) is 4.79 Å². The number of hydrogen-bond acceptors (Lipinski definition) is 2. The van der Waals surface area contributed by atoms with E-state index in [-0.39, 0.29) is 0 Å². The molecule has 0 amide bonds. The SMILES string of the molecule is CCc1cccc2c(CC(N[Si])C(=O)O)c[nH]c12. The second-order valence-corrected chi connectivity index (χ2v) is 4.54. The molecule has 1 heterocycles. The number of nitrogens with one attached hydrogen (secondary N) is 2. The molecule has 0 aliphatic carbocycles. The van der Waals surface area contributed by atoms with Crippen LogP contribution in [0.1, 0.15) is 18.1 Å². The molecule has 0 saturated heterocycles. The Morgan fingerprint density at radius 2 is 2.28 bits per heavy atom. The van der Waals surface area contributed by atoms with Gasteiger partial charge in [-0.2, -0.15) is 0 Å². The summed E-state index contributed by atoms with van der Waals surface area (Å²) in [4.78, 5) is 16.9. The minimum atomic E-state index is -0.869. The van der Waals surface area contributed by atoms with Gasteiger partial charge < -0.3 is 15.1 Å². The Hall–Kier alpha value is -1.59. The van der Waals surface area contributed by atoms with Crippen LogP contribution in [-0.2, 0) is 17.6 Å². The molecule has 0 spiro atoms. The third-order valence-electron chi connectivity index (χ3n) is 3.16. The van der Waals surface area contributed by atoms with Gasteiger partial charge in [-0.05, 0) is 24.0 Å². The van der Waals surface area contributed by atoms with Crippen molar-refractivity contribution in [3.63, 3.8) is 0 Å². The molecule has 1 aromatic heterocycles. The van der Waals surface area contributed by atoms with E-state index >= 15 is 0 Å². The summed E-state index contributed by atoms with van der Waals surface area (Å²) in [5.74, 6) is -0.869. The summed E-state index contributed by atoms with van der Waals surface area (Å²) in [5, 5.41) is 10.1. The summed E-state index contributed by atoms with van der Waals surface area (Å²) in [6.07, 6.45) is 3.28. The molecule has 3 radical (unpaired) electrons. The van der Waals surface area contributed by atoms with Gasteiger partial charge in [0.25, 0.3) is 0 Å². The largest absolute Gasteiger partial charge is 0.480 e. The van der Waals surface area contributed by atoms with Gasteiger partial charge in [0.05, 0.1) is 0 Å². The molecule has 18 heavy (non-hydrogen) atoms. The van der Waals surface area contributed by atoms with Crippen molar-refractivity contribution in [1.82, 2.24) is 9.97 Å². The number of fused-ring (bicyclic) bond motifs is 1. The van der Waals surface area contributed by atoms with E-state index < -0.39 is 12.0 Å². The van der Waals surface area contributed by atoms with Crippen LogP contribution in [-0.4, -0.2) is 32.5 Å². The van der Waals surface area contributed by atoms with Crippen molar-refractivity contribution in [1.29, 1.82) is 0 Å². The van der Waals surface area contributed by atoms with E-state index in [0.717, 1.165) is 22.9 Å². The molecule has 4 nitrogen and oxygen atoms in total. The molecule has 1 unspecified atom stereocenters. The van der Waals surface area contributed by atoms with Crippen molar-refractivity contribution in [3.05, 3.63) is 35.5 Å². The number of aromatic nitrogens is 1. The van der Waals surface area contributed by atoms with Crippen molar-refractivity contribution < 1.29 is 9.90 Å². The van der Waals surface area contributed by atoms with E-state index in [2.05, 4.69) is 33.4 Å². The monoisotopic (exact) mass is 259 g/mol. The summed E-state index contributed by atoms with van der Waals surface area (Å²) in [6.45, 7) is 2.11. The van der Waals surface area contributed by atoms with Gasteiger partial charge in [-0.25, -0.2) is 0 Å². The lowest BCUT2D eigenvalue weighted by Gasteiger charge is -2.10. The number of benzene rings is 1. The van der Waals surface area contributed by atoms with Crippen LogP contribution < -0.4 is 4.98 Å². The van der Waals surface area contributed by atoms with Gasteiger partial charge in [-0.1, -0.05) is 25.1 Å². The molecule has 1 atom stereocenters. The molecular weight excluding hydrogens is 244 g/mol. The molecule has 93 valence electrons. The first-order valence-electron chi connectivity index (χ1n) is 5.90. The number of rotatable bonds is 5. The van der Waals surface area contributed by atoms with Gasteiger partial charge in [0, 0.05) is 17.1 Å². The third kappa shape index (κ3) is 2.32. The van der Waals surface area contributed by atoms with E-state index in [1.54, 1.807) is 0 Å². The molecule has 2 rings (SSSR count). The topological polar surface area (TPSA) is 65.1 Å². The molecule has 0 bridgehead atoms. The smallest absolute Gasteiger partial charge is 0.320 e. The number of hydrogen-bond donors (Lipinski definition) is 3. The minimum Gasteiger partial charge on any atom is -0.480 e. The summed E-state index contributed by atoms with van der Waals surface area (Å²) >= 11 is 0. The molecule has 0 fully saturated rings. The second-order valence-electron chi connectivity index (χ2n) is 4.25. The van der Waals surface area contributed by atoms with Gasteiger partial charge in [-0.15, -0.1) is 0 Å². The summed E-state index contributed by atoms with van der Waals surface area (Å²) in [7, 11) is 3.06. The number of carbonyl (C=O) groups is 1. The quantitative estimate of drug-likeness (QED) is 0.711. The van der Waals surface area contributed by atoms with Gasteiger partial charge >= 0.3 is 5.97 Å². The van der Waals surface area contributed by atoms with Crippen LogP contribution in [0.3, 0.4) is 0 Å². The maximum absolute atomic E-state index is 11.0. The highest BCUT2D eigenvalue weighted by atomic mass is 28.2. The molecule has 0 aliphatic rings. The Labute approximate surface area is 109 Å². The molecule has 5 heteroatoms. The standard InChI is InChI=1S/C13H15N2O2Si/c1-2-8-4-3-5-10-9(7-14-12(8)10)6-11(15-18)13(16)17/h3-5,7,11,14-15H,2,6H2,1H3,(H,16,17). The van der Waals surface area contributed by atoms with Crippen molar-refractivity contribution in [2.75, 3.05) is 0 Å². The van der Waals surface area contributed by atoms with Crippen LogP contribution in [0, 0.1) is 0 Å². The first-order valence-corrected chi connectivity index (χ1v) is 6.40. The van der Waals surface area contributed by atoms with Gasteiger partial charge in [0.15, 0.2) is 0 Å². The Morgan fingerprint density at radius 3 is 2.89 bits per heavy atom. The lowest BCUT2D eigenvalue weighted by atomic mass is 10.0. The van der Waals surface area contributed by atoms with Crippen molar-refractivity contribution >= 4 is 27.3 Å². The highest BCUT2D eigenvalue weighted by molar-refractivity contribution is 6.06. The van der Waals surface area contributed by atoms with Crippen LogP contribution in [0.2, 0.25) is 0 Å². The normalized spacial score (nSPS) is 12.8. The Kier molecular flexibility index (Phi) is 3.83. The maximum atomic E-state index is 11.0. The lowest BCUT2D eigenvalue weighted by Crippen LogP contribution is -2.36. The number of aryl methyl sites for hydroxylation is 1. The average molecular weight is 259 g/mol. The maximum Gasteiger partial charge on any atom is 0.320 e.